The fourth-order valence-corrected chi connectivity index (χ4v) is 2.33. The topological polar surface area (TPSA) is 60.9 Å². The van der Waals surface area contributed by atoms with Crippen LogP contribution in [0, 0.1) is 0 Å². The number of carbonyl (C=O) groups excluding carboxylic acids is 1. The van der Waals surface area contributed by atoms with Crippen molar-refractivity contribution in [2.24, 2.45) is 0 Å². The Morgan fingerprint density at radius 1 is 1.38 bits per heavy atom. The first-order chi connectivity index (χ1) is 10.2. The summed E-state index contributed by atoms with van der Waals surface area (Å²) in [5, 5.41) is 1.90. The van der Waals surface area contributed by atoms with Crippen molar-refractivity contribution in [3.63, 3.8) is 0 Å². The lowest BCUT2D eigenvalue weighted by atomic mass is 10.1. The van der Waals surface area contributed by atoms with Crippen LogP contribution in [0.1, 0.15) is 6.92 Å². The van der Waals surface area contributed by atoms with Crippen molar-refractivity contribution in [3.05, 3.63) is 24.4 Å². The first-order valence-corrected chi connectivity index (χ1v) is 6.74. The number of hydrogen-bond acceptors (Lipinski definition) is 6. The van der Waals surface area contributed by atoms with Gasteiger partial charge in [-0.25, -0.2) is 4.98 Å². The highest BCUT2D eigenvalue weighted by Crippen LogP contribution is 2.38. The number of rotatable bonds is 4. The van der Waals surface area contributed by atoms with Crippen molar-refractivity contribution in [2.45, 2.75) is 6.92 Å². The van der Waals surface area contributed by atoms with Gasteiger partial charge < -0.3 is 19.1 Å². The lowest BCUT2D eigenvalue weighted by Gasteiger charge is -2.19. The molecule has 0 unspecified atom stereocenters. The average molecular weight is 288 g/mol. The van der Waals surface area contributed by atoms with E-state index >= 15 is 0 Å². The largest absolute Gasteiger partial charge is 0.465 e. The van der Waals surface area contributed by atoms with E-state index in [0.717, 1.165) is 16.5 Å². The van der Waals surface area contributed by atoms with Crippen molar-refractivity contribution in [2.75, 3.05) is 31.9 Å². The highest BCUT2D eigenvalue weighted by atomic mass is 16.7. The van der Waals surface area contributed by atoms with Crippen LogP contribution in [0.15, 0.2) is 24.4 Å². The molecule has 1 aromatic carbocycles. The van der Waals surface area contributed by atoms with E-state index in [2.05, 4.69) is 4.98 Å². The molecule has 2 aromatic rings. The summed E-state index contributed by atoms with van der Waals surface area (Å²) in [6.45, 7) is 2.53. The van der Waals surface area contributed by atoms with E-state index in [0.29, 0.717) is 18.2 Å². The van der Waals surface area contributed by atoms with Gasteiger partial charge in [-0.05, 0) is 30.5 Å². The zero-order valence-electron chi connectivity index (χ0n) is 12.0. The van der Waals surface area contributed by atoms with Crippen LogP contribution in [-0.4, -0.2) is 37.9 Å². The van der Waals surface area contributed by atoms with E-state index in [1.54, 1.807) is 18.0 Å². The first-order valence-electron chi connectivity index (χ1n) is 6.74. The fraction of sp³-hybridized carbons (Fsp3) is 0.333. The Kier molecular flexibility index (Phi) is 3.51. The minimum absolute atomic E-state index is 0.147. The number of hydrogen-bond donors (Lipinski definition) is 0. The monoisotopic (exact) mass is 288 g/mol. The molecule has 0 saturated heterocycles. The molecule has 110 valence electrons. The normalized spacial score (nSPS) is 12.5. The van der Waals surface area contributed by atoms with Crippen LogP contribution >= 0.6 is 0 Å². The van der Waals surface area contributed by atoms with E-state index in [4.69, 9.17) is 14.2 Å². The number of ether oxygens (including phenoxy) is 3. The van der Waals surface area contributed by atoms with Gasteiger partial charge >= 0.3 is 5.97 Å². The predicted octanol–water partition coefficient (Wildman–Crippen LogP) is 1.96. The van der Waals surface area contributed by atoms with Gasteiger partial charge in [-0.2, -0.15) is 0 Å². The molecule has 0 N–H and O–H groups in total. The lowest BCUT2D eigenvalue weighted by Crippen LogP contribution is -2.27. The number of likely N-dealkylation sites (N-methyl/N-ethyl adjacent to an activating group) is 1. The average Bonchev–Trinajstić information content (AvgIpc) is 2.91. The SMILES string of the molecule is CCOC(=O)CN(C)c1nccc2cc3c(cc12)OCO3. The number of benzene rings is 1. The van der Waals surface area contributed by atoms with Crippen molar-refractivity contribution < 1.29 is 19.0 Å². The van der Waals surface area contributed by atoms with Gasteiger partial charge in [-0.15, -0.1) is 0 Å². The number of aromatic nitrogens is 1. The number of carbonyl (C=O) groups is 1. The van der Waals surface area contributed by atoms with Crippen molar-refractivity contribution >= 4 is 22.6 Å². The Bertz CT molecular complexity index is 687. The summed E-state index contributed by atoms with van der Waals surface area (Å²) >= 11 is 0. The summed E-state index contributed by atoms with van der Waals surface area (Å²) in [6, 6.07) is 5.71. The van der Waals surface area contributed by atoms with Gasteiger partial charge in [0.2, 0.25) is 6.79 Å². The number of pyridine rings is 1. The highest BCUT2D eigenvalue weighted by molar-refractivity contribution is 5.95. The lowest BCUT2D eigenvalue weighted by molar-refractivity contribution is -0.141. The minimum atomic E-state index is -0.278. The Balaban J connectivity index is 1.96. The van der Waals surface area contributed by atoms with E-state index in [-0.39, 0.29) is 19.3 Å². The van der Waals surface area contributed by atoms with E-state index in [9.17, 15) is 4.79 Å². The smallest absolute Gasteiger partial charge is 0.325 e. The van der Waals surface area contributed by atoms with Gasteiger partial charge in [0.05, 0.1) is 6.61 Å². The summed E-state index contributed by atoms with van der Waals surface area (Å²) in [7, 11) is 1.81. The van der Waals surface area contributed by atoms with Crippen molar-refractivity contribution in [3.8, 4) is 11.5 Å². The second-order valence-electron chi connectivity index (χ2n) is 4.72. The molecule has 2 heterocycles. The molecule has 0 fully saturated rings. The maximum Gasteiger partial charge on any atom is 0.325 e. The van der Waals surface area contributed by atoms with Crippen molar-refractivity contribution in [1.82, 2.24) is 4.98 Å². The third-order valence-corrected chi connectivity index (χ3v) is 3.27. The molecule has 0 aliphatic carbocycles. The van der Waals surface area contributed by atoms with Gasteiger partial charge in [-0.1, -0.05) is 0 Å². The quantitative estimate of drug-likeness (QED) is 0.802. The van der Waals surface area contributed by atoms with E-state index < -0.39 is 0 Å². The van der Waals surface area contributed by atoms with Gasteiger partial charge in [0.1, 0.15) is 12.4 Å². The number of fused-ring (bicyclic) bond motifs is 2. The van der Waals surface area contributed by atoms with Crippen LogP contribution in [-0.2, 0) is 9.53 Å². The zero-order valence-corrected chi connectivity index (χ0v) is 12.0. The van der Waals surface area contributed by atoms with Crippen molar-refractivity contribution in [1.29, 1.82) is 0 Å². The fourth-order valence-electron chi connectivity index (χ4n) is 2.33. The van der Waals surface area contributed by atoms with Crippen LogP contribution in [0.3, 0.4) is 0 Å². The van der Waals surface area contributed by atoms with E-state index in [1.165, 1.54) is 0 Å². The van der Waals surface area contributed by atoms with E-state index in [1.807, 2.05) is 25.2 Å². The molecular weight excluding hydrogens is 272 g/mol. The molecule has 6 nitrogen and oxygen atoms in total. The minimum Gasteiger partial charge on any atom is -0.465 e. The molecule has 1 aromatic heterocycles. The third-order valence-electron chi connectivity index (χ3n) is 3.27. The molecule has 0 atom stereocenters. The Morgan fingerprint density at radius 2 is 2.14 bits per heavy atom. The summed E-state index contributed by atoms with van der Waals surface area (Å²) in [5.74, 6) is 1.85. The van der Waals surface area contributed by atoms with Crippen LogP contribution in [0.25, 0.3) is 10.8 Å². The molecule has 0 amide bonds. The molecule has 1 aliphatic heterocycles. The summed E-state index contributed by atoms with van der Waals surface area (Å²) in [6.07, 6.45) is 1.71. The van der Waals surface area contributed by atoms with Gasteiger partial charge in [-0.3, -0.25) is 4.79 Å². The highest BCUT2D eigenvalue weighted by Gasteiger charge is 2.18. The van der Waals surface area contributed by atoms with Gasteiger partial charge in [0.15, 0.2) is 11.5 Å². The Hall–Kier alpha value is -2.50. The number of nitrogens with zero attached hydrogens (tertiary/aromatic N) is 2. The molecule has 21 heavy (non-hydrogen) atoms. The molecule has 6 heteroatoms. The first kappa shape index (κ1) is 13.5. The molecular formula is C15H16N2O4. The zero-order chi connectivity index (χ0) is 14.8. The Labute approximate surface area is 122 Å². The van der Waals surface area contributed by atoms with Crippen LogP contribution in [0.4, 0.5) is 5.82 Å². The molecule has 0 bridgehead atoms. The van der Waals surface area contributed by atoms with Crippen LogP contribution in [0.2, 0.25) is 0 Å². The standard InChI is InChI=1S/C15H16N2O4/c1-3-19-14(18)8-17(2)15-11-7-13-12(20-9-21-13)6-10(11)4-5-16-15/h4-7H,3,8-9H2,1-2H3. The molecule has 3 rings (SSSR count). The summed E-state index contributed by atoms with van der Waals surface area (Å²) < 4.78 is 15.7. The summed E-state index contributed by atoms with van der Waals surface area (Å²) in [5.41, 5.74) is 0. The second kappa shape index (κ2) is 5.47. The third kappa shape index (κ3) is 2.56. The predicted molar refractivity (Wildman–Crippen MR) is 77.8 cm³/mol. The van der Waals surface area contributed by atoms with Crippen LogP contribution < -0.4 is 14.4 Å². The maximum absolute atomic E-state index is 11.6. The Morgan fingerprint density at radius 3 is 2.90 bits per heavy atom. The molecule has 0 saturated carbocycles. The molecule has 0 radical (unpaired) electrons. The van der Waals surface area contributed by atoms with Gasteiger partial charge in [0, 0.05) is 18.6 Å². The molecule has 1 aliphatic rings. The maximum atomic E-state index is 11.6. The molecule has 0 spiro atoms. The number of esters is 1. The summed E-state index contributed by atoms with van der Waals surface area (Å²) in [4.78, 5) is 17.7. The van der Waals surface area contributed by atoms with Gasteiger partial charge in [0.25, 0.3) is 0 Å². The number of anilines is 1. The van der Waals surface area contributed by atoms with Crippen LogP contribution in [0.5, 0.6) is 11.5 Å². The second-order valence-corrected chi connectivity index (χ2v) is 4.72.